The molecule has 1 atom stereocenters. The van der Waals surface area contributed by atoms with Crippen LogP contribution in [0.25, 0.3) is 0 Å². The Kier molecular flexibility index (Phi) is 11.3. The van der Waals surface area contributed by atoms with Gasteiger partial charge in [-0.1, -0.05) is 57.5 Å². The van der Waals surface area contributed by atoms with Gasteiger partial charge in [-0.25, -0.2) is 4.79 Å². The Hall–Kier alpha value is -1.55. The summed E-state index contributed by atoms with van der Waals surface area (Å²) in [5.74, 6) is 0. The molecule has 4 heteroatoms. The predicted octanol–water partition coefficient (Wildman–Crippen LogP) is 3.84. The molecule has 120 valence electrons. The third-order valence-electron chi connectivity index (χ3n) is 3.09. The SMILES string of the molecule is CCC.CCN(CCNC(=O)OC)[C@@H](C)c1ccccc1. The van der Waals surface area contributed by atoms with Crippen molar-refractivity contribution in [2.75, 3.05) is 26.7 Å². The van der Waals surface area contributed by atoms with Gasteiger partial charge in [0.25, 0.3) is 0 Å². The number of methoxy groups -OCH3 is 1. The van der Waals surface area contributed by atoms with E-state index in [-0.39, 0.29) is 6.09 Å². The van der Waals surface area contributed by atoms with E-state index in [2.05, 4.69) is 54.8 Å². The van der Waals surface area contributed by atoms with Gasteiger partial charge in [0.15, 0.2) is 0 Å². The van der Waals surface area contributed by atoms with Crippen molar-refractivity contribution >= 4 is 6.09 Å². The molecule has 0 aliphatic carbocycles. The first-order chi connectivity index (χ1) is 10.1. The lowest BCUT2D eigenvalue weighted by Crippen LogP contribution is -2.36. The summed E-state index contributed by atoms with van der Waals surface area (Å²) < 4.78 is 4.54. The number of hydrogen-bond acceptors (Lipinski definition) is 3. The Morgan fingerprint density at radius 1 is 1.24 bits per heavy atom. The Labute approximate surface area is 129 Å². The molecule has 0 fully saturated rings. The quantitative estimate of drug-likeness (QED) is 0.866. The summed E-state index contributed by atoms with van der Waals surface area (Å²) in [6.07, 6.45) is 0.874. The Morgan fingerprint density at radius 3 is 2.29 bits per heavy atom. The molecule has 0 aliphatic rings. The van der Waals surface area contributed by atoms with Gasteiger partial charge in [0.2, 0.25) is 0 Å². The number of nitrogens with zero attached hydrogens (tertiary/aromatic N) is 1. The van der Waals surface area contributed by atoms with Gasteiger partial charge in [-0.15, -0.1) is 0 Å². The second-order valence-corrected chi connectivity index (χ2v) is 4.84. The van der Waals surface area contributed by atoms with Gasteiger partial charge >= 0.3 is 6.09 Å². The highest BCUT2D eigenvalue weighted by Gasteiger charge is 2.13. The minimum atomic E-state index is -0.376. The Morgan fingerprint density at radius 2 is 1.81 bits per heavy atom. The van der Waals surface area contributed by atoms with Crippen LogP contribution in [-0.4, -0.2) is 37.7 Å². The van der Waals surface area contributed by atoms with Crippen LogP contribution < -0.4 is 5.32 Å². The van der Waals surface area contributed by atoms with Crippen LogP contribution >= 0.6 is 0 Å². The van der Waals surface area contributed by atoms with E-state index in [4.69, 9.17) is 0 Å². The molecular weight excluding hydrogens is 264 g/mol. The average Bonchev–Trinajstić information content (AvgIpc) is 2.52. The summed E-state index contributed by atoms with van der Waals surface area (Å²) in [5, 5.41) is 2.70. The summed E-state index contributed by atoms with van der Waals surface area (Å²) in [6, 6.07) is 10.7. The van der Waals surface area contributed by atoms with Gasteiger partial charge < -0.3 is 10.1 Å². The minimum Gasteiger partial charge on any atom is -0.453 e. The van der Waals surface area contributed by atoms with Gasteiger partial charge in [0.1, 0.15) is 0 Å². The number of carbonyl (C=O) groups excluding carboxylic acids is 1. The van der Waals surface area contributed by atoms with Crippen LogP contribution in [0.1, 0.15) is 45.7 Å². The molecule has 1 amide bonds. The van der Waals surface area contributed by atoms with Crippen molar-refractivity contribution in [2.45, 2.75) is 40.2 Å². The first-order valence-electron chi connectivity index (χ1n) is 7.71. The molecule has 0 saturated heterocycles. The van der Waals surface area contributed by atoms with Gasteiger partial charge in [0, 0.05) is 19.1 Å². The van der Waals surface area contributed by atoms with Gasteiger partial charge in [-0.05, 0) is 19.0 Å². The standard InChI is InChI=1S/C14H22N2O2.C3H8/c1-4-16(11-10-15-14(17)18-3)12(2)13-8-6-5-7-9-13;1-3-2/h5-9,12H,4,10-11H2,1-3H3,(H,15,17);3H2,1-2H3/t12-;/m0./s1. The van der Waals surface area contributed by atoms with E-state index in [0.717, 1.165) is 13.1 Å². The normalized spacial score (nSPS) is 11.3. The molecule has 0 bridgehead atoms. The van der Waals surface area contributed by atoms with Crippen molar-refractivity contribution in [2.24, 2.45) is 0 Å². The maximum atomic E-state index is 11.0. The molecule has 0 saturated carbocycles. The lowest BCUT2D eigenvalue weighted by molar-refractivity contribution is 0.165. The average molecular weight is 294 g/mol. The number of carbonyl (C=O) groups is 1. The Balaban J connectivity index is 0.00000122. The van der Waals surface area contributed by atoms with Crippen molar-refractivity contribution < 1.29 is 9.53 Å². The van der Waals surface area contributed by atoms with Crippen LogP contribution in [-0.2, 0) is 4.74 Å². The van der Waals surface area contributed by atoms with Crippen molar-refractivity contribution in [1.29, 1.82) is 0 Å². The van der Waals surface area contributed by atoms with Crippen LogP contribution in [0.3, 0.4) is 0 Å². The van der Waals surface area contributed by atoms with Gasteiger partial charge in [0.05, 0.1) is 7.11 Å². The van der Waals surface area contributed by atoms with E-state index in [1.807, 2.05) is 18.2 Å². The van der Waals surface area contributed by atoms with Crippen LogP contribution in [0.15, 0.2) is 30.3 Å². The fourth-order valence-corrected chi connectivity index (χ4v) is 1.94. The number of likely N-dealkylation sites (N-methyl/N-ethyl adjacent to an activating group) is 1. The number of ether oxygens (including phenoxy) is 1. The monoisotopic (exact) mass is 294 g/mol. The van der Waals surface area contributed by atoms with Crippen LogP contribution in [0.5, 0.6) is 0 Å². The van der Waals surface area contributed by atoms with Gasteiger partial charge in [-0.2, -0.15) is 0 Å². The highest BCUT2D eigenvalue weighted by molar-refractivity contribution is 5.66. The van der Waals surface area contributed by atoms with E-state index in [1.54, 1.807) is 0 Å². The van der Waals surface area contributed by atoms with Crippen molar-refractivity contribution in [3.63, 3.8) is 0 Å². The van der Waals surface area contributed by atoms with E-state index in [9.17, 15) is 4.79 Å². The molecular formula is C17H30N2O2. The smallest absolute Gasteiger partial charge is 0.406 e. The molecule has 0 aromatic heterocycles. The second kappa shape index (κ2) is 12.2. The summed E-state index contributed by atoms with van der Waals surface area (Å²) in [4.78, 5) is 13.3. The fraction of sp³-hybridized carbons (Fsp3) is 0.588. The van der Waals surface area contributed by atoms with E-state index in [0.29, 0.717) is 12.6 Å². The highest BCUT2D eigenvalue weighted by atomic mass is 16.5. The summed E-state index contributed by atoms with van der Waals surface area (Å²) in [5.41, 5.74) is 1.29. The molecule has 0 spiro atoms. The number of benzene rings is 1. The molecule has 0 radical (unpaired) electrons. The first kappa shape index (κ1) is 19.4. The molecule has 1 rings (SSSR count). The molecule has 0 aliphatic heterocycles. The third kappa shape index (κ3) is 8.35. The Bertz CT molecular complexity index is 368. The van der Waals surface area contributed by atoms with E-state index < -0.39 is 0 Å². The van der Waals surface area contributed by atoms with E-state index in [1.165, 1.54) is 19.1 Å². The highest BCUT2D eigenvalue weighted by Crippen LogP contribution is 2.18. The van der Waals surface area contributed by atoms with Crippen molar-refractivity contribution in [1.82, 2.24) is 10.2 Å². The molecule has 21 heavy (non-hydrogen) atoms. The zero-order valence-electron chi connectivity index (χ0n) is 14.1. The van der Waals surface area contributed by atoms with Crippen LogP contribution in [0.2, 0.25) is 0 Å². The topological polar surface area (TPSA) is 41.6 Å². The molecule has 1 aromatic carbocycles. The number of hydrogen-bond donors (Lipinski definition) is 1. The fourth-order valence-electron chi connectivity index (χ4n) is 1.94. The summed E-state index contributed by atoms with van der Waals surface area (Å²) >= 11 is 0. The van der Waals surface area contributed by atoms with E-state index >= 15 is 0 Å². The van der Waals surface area contributed by atoms with Crippen molar-refractivity contribution in [3.8, 4) is 0 Å². The minimum absolute atomic E-state index is 0.343. The van der Waals surface area contributed by atoms with Gasteiger partial charge in [-0.3, -0.25) is 4.90 Å². The second-order valence-electron chi connectivity index (χ2n) is 4.84. The first-order valence-corrected chi connectivity index (χ1v) is 7.71. The third-order valence-corrected chi connectivity index (χ3v) is 3.09. The summed E-state index contributed by atoms with van der Waals surface area (Å²) in [7, 11) is 1.37. The van der Waals surface area contributed by atoms with Crippen molar-refractivity contribution in [3.05, 3.63) is 35.9 Å². The zero-order valence-corrected chi connectivity index (χ0v) is 14.1. The number of amides is 1. The largest absolute Gasteiger partial charge is 0.453 e. The molecule has 1 N–H and O–H groups in total. The maximum absolute atomic E-state index is 11.0. The number of rotatable bonds is 6. The molecule has 4 nitrogen and oxygen atoms in total. The lowest BCUT2D eigenvalue weighted by Gasteiger charge is -2.28. The number of alkyl carbamates (subject to hydrolysis) is 1. The predicted molar refractivity (Wildman–Crippen MR) is 88.5 cm³/mol. The zero-order chi connectivity index (χ0) is 16.1. The van der Waals surface area contributed by atoms with Crippen LogP contribution in [0, 0.1) is 0 Å². The lowest BCUT2D eigenvalue weighted by atomic mass is 10.1. The summed E-state index contributed by atoms with van der Waals surface area (Å²) in [6.45, 7) is 10.9. The molecule has 0 unspecified atom stereocenters. The molecule has 1 aromatic rings. The maximum Gasteiger partial charge on any atom is 0.406 e. The van der Waals surface area contributed by atoms with Crippen LogP contribution in [0.4, 0.5) is 4.79 Å². The molecule has 0 heterocycles. The number of nitrogens with one attached hydrogen (secondary N) is 1.